The van der Waals surface area contributed by atoms with Gasteiger partial charge in [-0.05, 0) is 63.5 Å². The molecule has 1 aromatic heterocycles. The number of nitrogens with two attached hydrogens (primary N) is 2. The van der Waals surface area contributed by atoms with Gasteiger partial charge in [0.15, 0.2) is 6.17 Å². The van der Waals surface area contributed by atoms with Crippen LogP contribution in [0.5, 0.6) is 0 Å². The van der Waals surface area contributed by atoms with Crippen molar-refractivity contribution in [1.82, 2.24) is 10.3 Å². The van der Waals surface area contributed by atoms with Gasteiger partial charge in [-0.15, -0.1) is 24.8 Å². The number of nitrogens with one attached hydrogen (secondary N) is 1. The largest absolute Gasteiger partial charge is 0.369 e. The lowest BCUT2D eigenvalue weighted by atomic mass is 9.69. The van der Waals surface area contributed by atoms with Crippen LogP contribution in [0.3, 0.4) is 0 Å². The Balaban J connectivity index is 0.00000294. The van der Waals surface area contributed by atoms with Crippen LogP contribution >= 0.6 is 24.8 Å². The first-order valence-electron chi connectivity index (χ1n) is 12.8. The molecule has 224 valence electrons. The Morgan fingerprint density at radius 1 is 1.15 bits per heavy atom. The predicted molar refractivity (Wildman–Crippen MR) is 159 cm³/mol. The van der Waals surface area contributed by atoms with Gasteiger partial charge >= 0.3 is 0 Å². The Bertz CT molecular complexity index is 1350. The quantitative estimate of drug-likeness (QED) is 0.449. The van der Waals surface area contributed by atoms with Crippen molar-refractivity contribution in [2.45, 2.75) is 57.3 Å². The lowest BCUT2D eigenvalue weighted by Gasteiger charge is -2.41. The van der Waals surface area contributed by atoms with Gasteiger partial charge in [0.2, 0.25) is 5.91 Å². The molecule has 1 aromatic carbocycles. The molecule has 2 aliphatic rings. The van der Waals surface area contributed by atoms with Crippen molar-refractivity contribution in [3.05, 3.63) is 77.1 Å². The number of aromatic nitrogens is 1. The molecule has 4 atom stereocenters. The topological polar surface area (TPSA) is 114 Å². The summed E-state index contributed by atoms with van der Waals surface area (Å²) >= 11 is 0. The summed E-state index contributed by atoms with van der Waals surface area (Å²) in [5.74, 6) is -3.44. The smallest absolute Gasteiger partial charge is 0.251 e. The number of nitrogens with zero attached hydrogens (tertiary/aromatic N) is 2. The molecule has 0 spiro atoms. The summed E-state index contributed by atoms with van der Waals surface area (Å²) in [5.41, 5.74) is 8.71. The number of hydrogen-bond acceptors (Lipinski definition) is 5. The number of halogens is 5. The van der Waals surface area contributed by atoms with Gasteiger partial charge in [-0.2, -0.15) is 0 Å². The molecule has 4 rings (SSSR count). The highest BCUT2D eigenvalue weighted by Gasteiger charge is 2.52. The summed E-state index contributed by atoms with van der Waals surface area (Å²) in [6, 6.07) is 4.77. The highest BCUT2D eigenvalue weighted by Crippen LogP contribution is 2.47. The van der Waals surface area contributed by atoms with E-state index in [4.69, 9.17) is 11.5 Å². The van der Waals surface area contributed by atoms with E-state index >= 15 is 13.2 Å². The first-order chi connectivity index (χ1) is 18.2. The number of alkyl halides is 1. The molecular weight excluding hydrogens is 578 g/mol. The molecule has 2 unspecified atom stereocenters. The van der Waals surface area contributed by atoms with Crippen LogP contribution in [-0.4, -0.2) is 47.6 Å². The van der Waals surface area contributed by atoms with Crippen LogP contribution in [0.15, 0.2) is 54.6 Å². The Morgan fingerprint density at radius 3 is 2.44 bits per heavy atom. The molecular formula is C29H36Cl2F3N5O2. The van der Waals surface area contributed by atoms with Crippen LogP contribution in [-0.2, 0) is 10.2 Å². The number of carbonyl (C=O) groups is 2. The monoisotopic (exact) mass is 613 g/mol. The van der Waals surface area contributed by atoms with Gasteiger partial charge < -0.3 is 21.7 Å². The normalized spacial score (nSPS) is 24.3. The maximum Gasteiger partial charge on any atom is 0.251 e. The molecule has 1 fully saturated rings. The minimum atomic E-state index is -2.42. The number of allylic oxidation sites excluding steroid dienone is 3. The second kappa shape index (κ2) is 12.8. The molecule has 1 aliphatic carbocycles. The fraction of sp³-hybridized carbons (Fsp3) is 0.414. The summed E-state index contributed by atoms with van der Waals surface area (Å²) in [6.07, 6.45) is 3.20. The standard InChI is InChI=1S/C29H34F3N5O2.2ClH/c1-16-11-18(33)15-37(14-16)23-8-10-35-13-20(23)29(27(34)39)9-7-22(31)24(25(29)32)19-12-17(5-6-21(19)30)26(38)36-28(2,3)4;;/h5-10,12-13,16,18,25H,11,14-15,33H2,1-4H3,(H2,34,39)(H,36,38);2*1H/t16-,18+,25?,29?;;/m1../s1. The first kappa shape index (κ1) is 34.1. The van der Waals surface area contributed by atoms with Crippen LogP contribution in [0, 0.1) is 11.7 Å². The maximum absolute atomic E-state index is 16.7. The van der Waals surface area contributed by atoms with E-state index in [-0.39, 0.29) is 47.9 Å². The number of carbonyl (C=O) groups excluding carboxylic acids is 2. The second-order valence-electron chi connectivity index (χ2n) is 11.5. The van der Waals surface area contributed by atoms with Crippen molar-refractivity contribution >= 4 is 47.9 Å². The van der Waals surface area contributed by atoms with E-state index in [1.807, 2.05) is 11.8 Å². The fourth-order valence-electron chi connectivity index (χ4n) is 5.42. The number of rotatable bonds is 5. The molecule has 2 heterocycles. The Hall–Kier alpha value is -3.08. The Labute approximate surface area is 250 Å². The van der Waals surface area contributed by atoms with E-state index in [2.05, 4.69) is 10.3 Å². The van der Waals surface area contributed by atoms with Gasteiger partial charge in [0, 0.05) is 65.0 Å². The minimum Gasteiger partial charge on any atom is -0.369 e. The van der Waals surface area contributed by atoms with Crippen LogP contribution in [0.25, 0.3) is 5.57 Å². The molecule has 0 saturated carbocycles. The summed E-state index contributed by atoms with van der Waals surface area (Å²) in [6.45, 7) is 8.39. The third-order valence-electron chi connectivity index (χ3n) is 7.09. The lowest BCUT2D eigenvalue weighted by Crippen LogP contribution is -2.51. The van der Waals surface area contributed by atoms with Gasteiger partial charge in [0.1, 0.15) is 17.1 Å². The van der Waals surface area contributed by atoms with Crippen LogP contribution in [0.2, 0.25) is 0 Å². The first-order valence-corrected chi connectivity index (χ1v) is 12.8. The van der Waals surface area contributed by atoms with Crippen molar-refractivity contribution in [1.29, 1.82) is 0 Å². The van der Waals surface area contributed by atoms with Crippen LogP contribution in [0.4, 0.5) is 18.9 Å². The molecule has 7 nitrogen and oxygen atoms in total. The fourth-order valence-corrected chi connectivity index (χ4v) is 5.42. The zero-order chi connectivity index (χ0) is 28.7. The number of amides is 2. The third kappa shape index (κ3) is 6.71. The van der Waals surface area contributed by atoms with Crippen LogP contribution < -0.4 is 21.7 Å². The number of hydrogen-bond donors (Lipinski definition) is 3. The molecule has 0 bridgehead atoms. The van der Waals surface area contributed by atoms with E-state index in [0.717, 1.165) is 30.7 Å². The number of benzene rings is 1. The molecule has 0 radical (unpaired) electrons. The molecule has 1 aliphatic heterocycles. The summed E-state index contributed by atoms with van der Waals surface area (Å²) in [7, 11) is 0. The zero-order valence-electron chi connectivity index (χ0n) is 23.3. The Morgan fingerprint density at radius 2 is 1.83 bits per heavy atom. The second-order valence-corrected chi connectivity index (χ2v) is 11.5. The van der Waals surface area contributed by atoms with Crippen molar-refractivity contribution in [2.24, 2.45) is 17.4 Å². The zero-order valence-corrected chi connectivity index (χ0v) is 24.9. The minimum absolute atomic E-state index is 0. The molecule has 41 heavy (non-hydrogen) atoms. The average molecular weight is 615 g/mol. The van der Waals surface area contributed by atoms with Crippen molar-refractivity contribution in [3.63, 3.8) is 0 Å². The number of piperidine rings is 1. The molecule has 5 N–H and O–H groups in total. The van der Waals surface area contributed by atoms with Crippen LogP contribution in [0.1, 0.15) is 55.6 Å². The SMILES string of the molecule is C[C@@H]1C[C@H](N)CN(c2ccncc2C2(C(N)=O)C=CC(F)=C(c3cc(C(=O)NC(C)(C)C)ccc3F)C2F)C1.Cl.Cl. The molecule has 2 aromatic rings. The maximum atomic E-state index is 16.7. The molecule has 2 amide bonds. The lowest BCUT2D eigenvalue weighted by molar-refractivity contribution is -0.123. The van der Waals surface area contributed by atoms with Gasteiger partial charge in [0.05, 0.1) is 0 Å². The van der Waals surface area contributed by atoms with Crippen molar-refractivity contribution < 1.29 is 22.8 Å². The molecule has 1 saturated heterocycles. The number of pyridine rings is 1. The van der Waals surface area contributed by atoms with Gasteiger partial charge in [0.25, 0.3) is 5.91 Å². The average Bonchev–Trinajstić information content (AvgIpc) is 2.83. The van der Waals surface area contributed by atoms with E-state index < -0.39 is 51.7 Å². The molecule has 12 heteroatoms. The summed E-state index contributed by atoms with van der Waals surface area (Å²) in [4.78, 5) is 31.9. The van der Waals surface area contributed by atoms with Crippen molar-refractivity contribution in [3.8, 4) is 0 Å². The van der Waals surface area contributed by atoms with Gasteiger partial charge in [-0.1, -0.05) is 13.0 Å². The summed E-state index contributed by atoms with van der Waals surface area (Å²) in [5, 5.41) is 2.74. The van der Waals surface area contributed by atoms with E-state index in [9.17, 15) is 9.59 Å². The highest BCUT2D eigenvalue weighted by molar-refractivity contribution is 5.99. The number of primary amides is 1. The highest BCUT2D eigenvalue weighted by atomic mass is 35.5. The van der Waals surface area contributed by atoms with Crippen molar-refractivity contribution in [2.75, 3.05) is 18.0 Å². The Kier molecular flexibility index (Phi) is 10.7. The van der Waals surface area contributed by atoms with E-state index in [0.29, 0.717) is 18.8 Å². The van der Waals surface area contributed by atoms with E-state index in [1.54, 1.807) is 26.8 Å². The van der Waals surface area contributed by atoms with Gasteiger partial charge in [-0.3, -0.25) is 14.6 Å². The number of anilines is 1. The van der Waals surface area contributed by atoms with Gasteiger partial charge in [-0.25, -0.2) is 13.2 Å². The predicted octanol–water partition coefficient (Wildman–Crippen LogP) is 4.78. The summed E-state index contributed by atoms with van der Waals surface area (Å²) < 4.78 is 47.2. The third-order valence-corrected chi connectivity index (χ3v) is 7.09. The van der Waals surface area contributed by atoms with E-state index in [1.165, 1.54) is 18.5 Å².